The first-order chi connectivity index (χ1) is 8.97. The van der Waals surface area contributed by atoms with Crippen LogP contribution in [0.1, 0.15) is 25.0 Å². The second-order valence-corrected chi connectivity index (χ2v) is 7.03. The van der Waals surface area contributed by atoms with Gasteiger partial charge >= 0.3 is 0 Å². The fourth-order valence-corrected chi connectivity index (χ4v) is 3.28. The molecule has 0 unspecified atom stereocenters. The van der Waals surface area contributed by atoms with Gasteiger partial charge in [0.15, 0.2) is 0 Å². The first kappa shape index (κ1) is 16.5. The topological polar surface area (TPSA) is 115 Å². The Kier molecular flexibility index (Phi) is 4.52. The molecule has 0 saturated carbocycles. The number of nitrogens with one attached hydrogen (secondary N) is 1. The summed E-state index contributed by atoms with van der Waals surface area (Å²) in [6.07, 6.45) is 0. The van der Waals surface area contributed by atoms with Crippen LogP contribution in [0.4, 0.5) is 0 Å². The van der Waals surface area contributed by atoms with Gasteiger partial charge in [0, 0.05) is 5.56 Å². The van der Waals surface area contributed by atoms with E-state index in [1.165, 1.54) is 26.0 Å². The Morgan fingerprint density at radius 1 is 1.30 bits per heavy atom. The van der Waals surface area contributed by atoms with Crippen LogP contribution in [0.25, 0.3) is 0 Å². The molecule has 6 nitrogen and oxygen atoms in total. The van der Waals surface area contributed by atoms with Crippen LogP contribution in [0.15, 0.2) is 23.1 Å². The van der Waals surface area contributed by atoms with Gasteiger partial charge in [-0.25, -0.2) is 8.42 Å². The van der Waals surface area contributed by atoms with E-state index in [0.717, 1.165) is 0 Å². The number of benzene rings is 1. The molecular formula is C12H17N3O3S2. The zero-order valence-corrected chi connectivity index (χ0v) is 13.1. The minimum Gasteiger partial charge on any atom is -0.389 e. The van der Waals surface area contributed by atoms with Gasteiger partial charge in [-0.2, -0.15) is 4.72 Å². The van der Waals surface area contributed by atoms with Gasteiger partial charge in [-0.3, -0.25) is 4.79 Å². The third-order valence-electron chi connectivity index (χ3n) is 2.75. The van der Waals surface area contributed by atoms with Crippen LogP contribution >= 0.6 is 12.2 Å². The quantitative estimate of drug-likeness (QED) is 0.670. The lowest BCUT2D eigenvalue weighted by atomic mass is 10.1. The number of sulfonamides is 1. The minimum atomic E-state index is -3.87. The van der Waals surface area contributed by atoms with Crippen molar-refractivity contribution in [2.75, 3.05) is 0 Å². The van der Waals surface area contributed by atoms with Crippen LogP contribution < -0.4 is 16.2 Å². The van der Waals surface area contributed by atoms with E-state index < -0.39 is 21.5 Å². The summed E-state index contributed by atoms with van der Waals surface area (Å²) in [7, 11) is -3.87. The Morgan fingerprint density at radius 3 is 2.25 bits per heavy atom. The minimum absolute atomic E-state index is 0.0480. The molecule has 110 valence electrons. The van der Waals surface area contributed by atoms with Gasteiger partial charge in [0.2, 0.25) is 15.9 Å². The molecule has 1 rings (SSSR count). The number of amides is 1. The molecule has 0 radical (unpaired) electrons. The fraction of sp³-hybridized carbons (Fsp3) is 0.333. The Labute approximate surface area is 123 Å². The molecular weight excluding hydrogens is 298 g/mol. The highest BCUT2D eigenvalue weighted by Gasteiger charge is 2.32. The van der Waals surface area contributed by atoms with Gasteiger partial charge in [0.1, 0.15) is 10.5 Å². The largest absolute Gasteiger partial charge is 0.389 e. The predicted molar refractivity (Wildman–Crippen MR) is 80.7 cm³/mol. The monoisotopic (exact) mass is 315 g/mol. The average Bonchev–Trinajstić information content (AvgIpc) is 2.26. The number of hydrogen-bond acceptors (Lipinski definition) is 4. The van der Waals surface area contributed by atoms with Crippen molar-refractivity contribution in [2.24, 2.45) is 11.5 Å². The van der Waals surface area contributed by atoms with Crippen LogP contribution in [0.3, 0.4) is 0 Å². The van der Waals surface area contributed by atoms with Crippen molar-refractivity contribution < 1.29 is 13.2 Å². The summed E-state index contributed by atoms with van der Waals surface area (Å²) in [6, 6.07) is 4.48. The maximum absolute atomic E-state index is 12.3. The first-order valence-corrected chi connectivity index (χ1v) is 7.61. The van der Waals surface area contributed by atoms with E-state index in [0.29, 0.717) is 11.1 Å². The molecule has 0 heterocycles. The second-order valence-electron chi connectivity index (χ2n) is 4.94. The molecule has 0 aliphatic rings. The van der Waals surface area contributed by atoms with E-state index in [-0.39, 0.29) is 9.88 Å². The lowest BCUT2D eigenvalue weighted by Gasteiger charge is -2.22. The highest BCUT2D eigenvalue weighted by molar-refractivity contribution is 7.89. The number of carbonyl (C=O) groups is 1. The first-order valence-electron chi connectivity index (χ1n) is 5.72. The number of thiocarbonyl (C=S) groups is 1. The lowest BCUT2D eigenvalue weighted by molar-refractivity contribution is -0.122. The van der Waals surface area contributed by atoms with E-state index in [1.54, 1.807) is 13.0 Å². The van der Waals surface area contributed by atoms with Crippen molar-refractivity contribution in [2.45, 2.75) is 31.2 Å². The Balaban J connectivity index is 3.24. The van der Waals surface area contributed by atoms with Crippen LogP contribution in [-0.2, 0) is 14.8 Å². The maximum atomic E-state index is 12.3. The van der Waals surface area contributed by atoms with Crippen LogP contribution in [0, 0.1) is 6.92 Å². The summed E-state index contributed by atoms with van der Waals surface area (Å²) >= 11 is 4.83. The third kappa shape index (κ3) is 3.53. The van der Waals surface area contributed by atoms with Crippen molar-refractivity contribution in [3.63, 3.8) is 0 Å². The number of primary amides is 1. The number of hydrogen-bond donors (Lipinski definition) is 3. The molecule has 0 fully saturated rings. The highest BCUT2D eigenvalue weighted by Crippen LogP contribution is 2.19. The van der Waals surface area contributed by atoms with Gasteiger partial charge in [0.05, 0.1) is 4.90 Å². The Morgan fingerprint density at radius 2 is 1.85 bits per heavy atom. The Hall–Kier alpha value is -1.51. The summed E-state index contributed by atoms with van der Waals surface area (Å²) in [5.41, 5.74) is 10.3. The number of aryl methyl sites for hydroxylation is 1. The molecule has 5 N–H and O–H groups in total. The van der Waals surface area contributed by atoms with Gasteiger partial charge in [0.25, 0.3) is 0 Å². The zero-order valence-electron chi connectivity index (χ0n) is 11.4. The van der Waals surface area contributed by atoms with E-state index >= 15 is 0 Å². The van der Waals surface area contributed by atoms with Crippen LogP contribution in [-0.4, -0.2) is 24.9 Å². The molecule has 20 heavy (non-hydrogen) atoms. The molecule has 0 aromatic heterocycles. The van der Waals surface area contributed by atoms with Gasteiger partial charge in [-0.15, -0.1) is 0 Å². The summed E-state index contributed by atoms with van der Waals surface area (Å²) in [6.45, 7) is 4.41. The van der Waals surface area contributed by atoms with Crippen LogP contribution in [0.5, 0.6) is 0 Å². The lowest BCUT2D eigenvalue weighted by Crippen LogP contribution is -2.52. The van der Waals surface area contributed by atoms with Gasteiger partial charge < -0.3 is 11.5 Å². The maximum Gasteiger partial charge on any atom is 0.241 e. The number of nitrogens with two attached hydrogens (primary N) is 2. The summed E-state index contributed by atoms with van der Waals surface area (Å²) in [5.74, 6) is -0.765. The SMILES string of the molecule is Cc1cc(C(N)=S)ccc1S(=O)(=O)NC(C)(C)C(N)=O. The summed E-state index contributed by atoms with van der Waals surface area (Å²) in [5, 5.41) is 0. The summed E-state index contributed by atoms with van der Waals surface area (Å²) in [4.78, 5) is 11.5. The third-order valence-corrected chi connectivity index (χ3v) is 4.81. The Bertz CT molecular complexity index is 667. The molecule has 1 aromatic carbocycles. The molecule has 1 aromatic rings. The predicted octanol–water partition coefficient (Wildman–Crippen LogP) is 0.171. The molecule has 0 bridgehead atoms. The number of rotatable bonds is 5. The van der Waals surface area contributed by atoms with E-state index in [9.17, 15) is 13.2 Å². The van der Waals surface area contributed by atoms with Crippen molar-refractivity contribution >= 4 is 33.1 Å². The normalized spacial score (nSPS) is 12.2. The van der Waals surface area contributed by atoms with Gasteiger partial charge in [-0.1, -0.05) is 18.3 Å². The van der Waals surface area contributed by atoms with Crippen molar-refractivity contribution in [3.8, 4) is 0 Å². The molecule has 0 aliphatic carbocycles. The van der Waals surface area contributed by atoms with Gasteiger partial charge in [-0.05, 0) is 38.5 Å². The second kappa shape index (κ2) is 5.47. The van der Waals surface area contributed by atoms with E-state index in [2.05, 4.69) is 4.72 Å². The molecule has 1 amide bonds. The van der Waals surface area contributed by atoms with E-state index in [4.69, 9.17) is 23.7 Å². The fourth-order valence-electron chi connectivity index (χ4n) is 1.55. The van der Waals surface area contributed by atoms with Crippen molar-refractivity contribution in [3.05, 3.63) is 29.3 Å². The molecule has 0 atom stereocenters. The van der Waals surface area contributed by atoms with Crippen molar-refractivity contribution in [1.29, 1.82) is 0 Å². The average molecular weight is 315 g/mol. The zero-order chi connectivity index (χ0) is 15.7. The van der Waals surface area contributed by atoms with Crippen molar-refractivity contribution in [1.82, 2.24) is 4.72 Å². The van der Waals surface area contributed by atoms with E-state index in [1.807, 2.05) is 0 Å². The number of carbonyl (C=O) groups excluding carboxylic acids is 1. The molecule has 0 saturated heterocycles. The molecule has 8 heteroatoms. The highest BCUT2D eigenvalue weighted by atomic mass is 32.2. The standard InChI is InChI=1S/C12H17N3O3S2/c1-7-6-8(10(13)19)4-5-9(7)20(17,18)15-12(2,3)11(14)16/h4-6,15H,1-3H3,(H2,13,19)(H2,14,16). The summed E-state index contributed by atoms with van der Waals surface area (Å²) < 4.78 is 26.8. The van der Waals surface area contributed by atoms with Crippen LogP contribution in [0.2, 0.25) is 0 Å². The molecule has 0 spiro atoms. The molecule has 0 aliphatic heterocycles. The smallest absolute Gasteiger partial charge is 0.241 e.